The lowest BCUT2D eigenvalue weighted by molar-refractivity contribution is -0.127. The standard InChI is InChI=1S/C14H19NO3/c1-9(2)8-13(16)10(3)18-14(17)11-6-4-5-7-12(11)15/h4-7,9-10H,8,15H2,1-3H3. The van der Waals surface area contributed by atoms with Crippen molar-refractivity contribution in [3.05, 3.63) is 29.8 Å². The number of ketones is 1. The maximum absolute atomic E-state index is 11.8. The molecule has 0 radical (unpaired) electrons. The Kier molecular flexibility index (Phi) is 4.89. The average molecular weight is 249 g/mol. The normalized spacial score (nSPS) is 12.2. The van der Waals surface area contributed by atoms with Crippen molar-refractivity contribution in [1.29, 1.82) is 0 Å². The van der Waals surface area contributed by atoms with Gasteiger partial charge in [-0.3, -0.25) is 4.79 Å². The maximum Gasteiger partial charge on any atom is 0.340 e. The van der Waals surface area contributed by atoms with Gasteiger partial charge in [0.15, 0.2) is 11.9 Å². The molecule has 0 fully saturated rings. The second-order valence-corrected chi connectivity index (χ2v) is 4.70. The number of nitrogen functional groups attached to an aromatic ring is 1. The van der Waals surface area contributed by atoms with Crippen LogP contribution in [0.4, 0.5) is 5.69 Å². The molecule has 4 heteroatoms. The summed E-state index contributed by atoms with van der Waals surface area (Å²) in [4.78, 5) is 23.5. The monoisotopic (exact) mass is 249 g/mol. The SMILES string of the molecule is CC(C)CC(=O)C(C)OC(=O)c1ccccc1N. The lowest BCUT2D eigenvalue weighted by atomic mass is 10.0. The van der Waals surface area contributed by atoms with Crippen molar-refractivity contribution in [2.45, 2.75) is 33.3 Å². The number of rotatable bonds is 5. The van der Waals surface area contributed by atoms with E-state index in [2.05, 4.69) is 0 Å². The first-order valence-electron chi connectivity index (χ1n) is 6.00. The van der Waals surface area contributed by atoms with E-state index in [-0.39, 0.29) is 11.7 Å². The smallest absolute Gasteiger partial charge is 0.340 e. The highest BCUT2D eigenvalue weighted by atomic mass is 16.5. The zero-order chi connectivity index (χ0) is 13.7. The van der Waals surface area contributed by atoms with Crippen LogP contribution in [0, 0.1) is 5.92 Å². The minimum atomic E-state index is -0.737. The van der Waals surface area contributed by atoms with Gasteiger partial charge in [-0.25, -0.2) is 4.79 Å². The lowest BCUT2D eigenvalue weighted by Crippen LogP contribution is -2.25. The summed E-state index contributed by atoms with van der Waals surface area (Å²) in [6.45, 7) is 5.48. The Labute approximate surface area is 107 Å². The highest BCUT2D eigenvalue weighted by molar-refractivity contribution is 5.96. The molecule has 0 aliphatic carbocycles. The highest BCUT2D eigenvalue weighted by Gasteiger charge is 2.20. The van der Waals surface area contributed by atoms with Crippen LogP contribution >= 0.6 is 0 Å². The van der Waals surface area contributed by atoms with Gasteiger partial charge >= 0.3 is 5.97 Å². The van der Waals surface area contributed by atoms with Gasteiger partial charge in [-0.15, -0.1) is 0 Å². The molecule has 2 N–H and O–H groups in total. The molecule has 1 atom stereocenters. The van der Waals surface area contributed by atoms with Gasteiger partial charge in [-0.1, -0.05) is 26.0 Å². The van der Waals surface area contributed by atoms with Crippen LogP contribution in [0.1, 0.15) is 37.6 Å². The minimum Gasteiger partial charge on any atom is -0.451 e. The minimum absolute atomic E-state index is 0.0761. The molecule has 98 valence electrons. The van der Waals surface area contributed by atoms with Crippen molar-refractivity contribution in [2.75, 3.05) is 5.73 Å². The first-order chi connectivity index (χ1) is 8.41. The molecule has 1 aromatic rings. The summed E-state index contributed by atoms with van der Waals surface area (Å²) in [6, 6.07) is 6.64. The lowest BCUT2D eigenvalue weighted by Gasteiger charge is -2.14. The molecule has 1 aromatic carbocycles. The van der Waals surface area contributed by atoms with Gasteiger partial charge < -0.3 is 10.5 Å². The fourth-order valence-corrected chi connectivity index (χ4v) is 1.54. The van der Waals surface area contributed by atoms with Crippen molar-refractivity contribution < 1.29 is 14.3 Å². The highest BCUT2D eigenvalue weighted by Crippen LogP contribution is 2.14. The van der Waals surface area contributed by atoms with Gasteiger partial charge in [0.1, 0.15) is 0 Å². The number of Topliss-reactive ketones (excluding diaryl/α,β-unsaturated/α-hetero) is 1. The average Bonchev–Trinajstić information content (AvgIpc) is 2.28. The molecule has 0 heterocycles. The van der Waals surface area contributed by atoms with Gasteiger partial charge in [0.2, 0.25) is 0 Å². The number of ether oxygens (including phenoxy) is 1. The number of para-hydroxylation sites is 1. The summed E-state index contributed by atoms with van der Waals surface area (Å²) >= 11 is 0. The molecule has 0 bridgehead atoms. The summed E-state index contributed by atoms with van der Waals surface area (Å²) in [7, 11) is 0. The van der Waals surface area contributed by atoms with Crippen LogP contribution in [0.3, 0.4) is 0 Å². The second kappa shape index (κ2) is 6.19. The number of hydrogen-bond acceptors (Lipinski definition) is 4. The third kappa shape index (κ3) is 3.87. The molecule has 0 aromatic heterocycles. The molecule has 1 rings (SSSR count). The van der Waals surface area contributed by atoms with Crippen molar-refractivity contribution in [2.24, 2.45) is 5.92 Å². The number of nitrogens with two attached hydrogens (primary N) is 1. The van der Waals surface area contributed by atoms with Crippen LogP contribution < -0.4 is 5.73 Å². The third-order valence-electron chi connectivity index (χ3n) is 2.53. The fraction of sp³-hybridized carbons (Fsp3) is 0.429. The molecule has 0 saturated carbocycles. The first-order valence-corrected chi connectivity index (χ1v) is 6.00. The van der Waals surface area contributed by atoms with E-state index in [0.29, 0.717) is 17.7 Å². The zero-order valence-corrected chi connectivity index (χ0v) is 11.0. The summed E-state index contributed by atoms with van der Waals surface area (Å²) < 4.78 is 5.11. The topological polar surface area (TPSA) is 69.4 Å². The van der Waals surface area contributed by atoms with Crippen molar-refractivity contribution >= 4 is 17.4 Å². The molecular formula is C14H19NO3. The van der Waals surface area contributed by atoms with Crippen LogP contribution in [-0.4, -0.2) is 17.9 Å². The quantitative estimate of drug-likeness (QED) is 0.642. The Balaban J connectivity index is 2.65. The summed E-state index contributed by atoms with van der Waals surface area (Å²) in [5, 5.41) is 0. The Bertz CT molecular complexity index is 440. The van der Waals surface area contributed by atoms with Crippen molar-refractivity contribution in [1.82, 2.24) is 0 Å². The molecule has 0 aliphatic heterocycles. The molecule has 0 aliphatic rings. The van der Waals surface area contributed by atoms with E-state index in [4.69, 9.17) is 10.5 Å². The summed E-state index contributed by atoms with van der Waals surface area (Å²) in [5.41, 5.74) is 6.31. The van der Waals surface area contributed by atoms with Crippen LogP contribution in [0.5, 0.6) is 0 Å². The number of carbonyl (C=O) groups excluding carboxylic acids is 2. The van der Waals surface area contributed by atoms with Gasteiger partial charge in [0.05, 0.1) is 5.56 Å². The molecule has 18 heavy (non-hydrogen) atoms. The van der Waals surface area contributed by atoms with Crippen LogP contribution in [0.25, 0.3) is 0 Å². The Morgan fingerprint density at radius 3 is 2.39 bits per heavy atom. The maximum atomic E-state index is 11.8. The van der Waals surface area contributed by atoms with Gasteiger partial charge in [-0.2, -0.15) is 0 Å². The number of esters is 1. The van der Waals surface area contributed by atoms with E-state index >= 15 is 0 Å². The number of benzene rings is 1. The zero-order valence-electron chi connectivity index (χ0n) is 11.0. The molecule has 0 saturated heterocycles. The Morgan fingerprint density at radius 1 is 1.22 bits per heavy atom. The fourth-order valence-electron chi connectivity index (χ4n) is 1.54. The van der Waals surface area contributed by atoms with Crippen LogP contribution in [-0.2, 0) is 9.53 Å². The van der Waals surface area contributed by atoms with E-state index < -0.39 is 12.1 Å². The molecular weight excluding hydrogens is 230 g/mol. The molecule has 1 unspecified atom stereocenters. The molecule has 0 spiro atoms. The predicted molar refractivity (Wildman–Crippen MR) is 70.2 cm³/mol. The summed E-state index contributed by atoms with van der Waals surface area (Å²) in [5.74, 6) is -0.383. The Hall–Kier alpha value is -1.84. The van der Waals surface area contributed by atoms with E-state index in [1.54, 1.807) is 31.2 Å². The van der Waals surface area contributed by atoms with Gasteiger partial charge in [0.25, 0.3) is 0 Å². The van der Waals surface area contributed by atoms with Crippen LogP contribution in [0.15, 0.2) is 24.3 Å². The van der Waals surface area contributed by atoms with E-state index in [0.717, 1.165) is 0 Å². The van der Waals surface area contributed by atoms with Crippen molar-refractivity contribution in [3.8, 4) is 0 Å². The van der Waals surface area contributed by atoms with Crippen molar-refractivity contribution in [3.63, 3.8) is 0 Å². The second-order valence-electron chi connectivity index (χ2n) is 4.70. The molecule has 4 nitrogen and oxygen atoms in total. The largest absolute Gasteiger partial charge is 0.451 e. The number of hydrogen-bond donors (Lipinski definition) is 1. The number of carbonyl (C=O) groups is 2. The molecule has 0 amide bonds. The summed E-state index contributed by atoms with van der Waals surface area (Å²) in [6.07, 6.45) is -0.335. The van der Waals surface area contributed by atoms with Gasteiger partial charge in [-0.05, 0) is 25.0 Å². The predicted octanol–water partition coefficient (Wildman–Crippen LogP) is 2.43. The van der Waals surface area contributed by atoms with Gasteiger partial charge in [0, 0.05) is 12.1 Å². The van der Waals surface area contributed by atoms with E-state index in [1.165, 1.54) is 0 Å². The third-order valence-corrected chi connectivity index (χ3v) is 2.53. The van der Waals surface area contributed by atoms with Crippen LogP contribution in [0.2, 0.25) is 0 Å². The van der Waals surface area contributed by atoms with E-state index in [1.807, 2.05) is 13.8 Å². The Morgan fingerprint density at radius 2 is 1.83 bits per heavy atom. The van der Waals surface area contributed by atoms with E-state index in [9.17, 15) is 9.59 Å². The first kappa shape index (κ1) is 14.2. The number of anilines is 1.